The van der Waals surface area contributed by atoms with Gasteiger partial charge in [0.25, 0.3) is 0 Å². The highest BCUT2D eigenvalue weighted by molar-refractivity contribution is 5.94. The lowest BCUT2D eigenvalue weighted by Gasteiger charge is -2.24. The Hall–Kier alpha value is -2.90. The summed E-state index contributed by atoms with van der Waals surface area (Å²) in [5, 5.41) is 20.8. The number of nitrogens with one attached hydrogen (secondary N) is 1. The average molecular weight is 401 g/mol. The monoisotopic (exact) mass is 401 g/mol. The summed E-state index contributed by atoms with van der Waals surface area (Å²) < 4.78 is 11.0. The minimum absolute atomic E-state index is 0.0210. The number of ketones is 1. The summed E-state index contributed by atoms with van der Waals surface area (Å²) in [7, 11) is 0. The molecule has 0 radical (unpaired) electrons. The zero-order valence-corrected chi connectivity index (χ0v) is 16.6. The van der Waals surface area contributed by atoms with Gasteiger partial charge in [0.15, 0.2) is 5.78 Å². The number of carbonyl (C=O) groups excluding carboxylic acids is 2. The molecule has 0 aliphatic heterocycles. The molecule has 29 heavy (non-hydrogen) atoms. The fourth-order valence-electron chi connectivity index (χ4n) is 2.84. The number of carbonyl (C=O) groups is 2. The van der Waals surface area contributed by atoms with E-state index in [0.717, 1.165) is 5.56 Å². The van der Waals surface area contributed by atoms with Crippen molar-refractivity contribution < 1.29 is 29.3 Å². The first-order valence-electron chi connectivity index (χ1n) is 9.47. The maximum Gasteiger partial charge on any atom is 0.412 e. The molecule has 1 amide bonds. The van der Waals surface area contributed by atoms with Gasteiger partial charge >= 0.3 is 6.09 Å². The highest BCUT2D eigenvalue weighted by Crippen LogP contribution is 2.30. The highest BCUT2D eigenvalue weighted by Gasteiger charge is 2.23. The van der Waals surface area contributed by atoms with Crippen molar-refractivity contribution in [3.05, 3.63) is 59.7 Å². The zero-order valence-electron chi connectivity index (χ0n) is 16.6. The molecule has 7 heteroatoms. The van der Waals surface area contributed by atoms with Gasteiger partial charge in [-0.1, -0.05) is 19.1 Å². The van der Waals surface area contributed by atoms with Crippen LogP contribution in [0.2, 0.25) is 0 Å². The molecule has 0 bridgehead atoms. The minimum Gasteiger partial charge on any atom is -0.491 e. The third-order valence-electron chi connectivity index (χ3n) is 4.44. The second-order valence-corrected chi connectivity index (χ2v) is 6.72. The van der Waals surface area contributed by atoms with Gasteiger partial charge in [-0.05, 0) is 61.2 Å². The van der Waals surface area contributed by atoms with Crippen LogP contribution in [0.25, 0.3) is 0 Å². The molecule has 0 unspecified atom stereocenters. The van der Waals surface area contributed by atoms with Crippen molar-refractivity contribution >= 4 is 17.6 Å². The molecular formula is C22H27NO6. The summed E-state index contributed by atoms with van der Waals surface area (Å²) in [6.45, 7) is 3.47. The maximum atomic E-state index is 12.4. The average Bonchev–Trinajstić information content (AvgIpc) is 2.71. The smallest absolute Gasteiger partial charge is 0.412 e. The fraction of sp³-hybridized carbons (Fsp3) is 0.364. The molecule has 0 saturated heterocycles. The van der Waals surface area contributed by atoms with E-state index in [9.17, 15) is 14.7 Å². The van der Waals surface area contributed by atoms with Crippen LogP contribution in [-0.4, -0.2) is 41.9 Å². The van der Waals surface area contributed by atoms with Crippen LogP contribution in [0.5, 0.6) is 5.75 Å². The summed E-state index contributed by atoms with van der Waals surface area (Å²) in [6.07, 6.45) is -0.727. The molecule has 0 saturated carbocycles. The Balaban J connectivity index is 2.09. The van der Waals surface area contributed by atoms with E-state index < -0.39 is 12.2 Å². The number of aliphatic hydroxyl groups is 2. The van der Waals surface area contributed by atoms with Crippen LogP contribution in [0, 0.1) is 5.92 Å². The first-order chi connectivity index (χ1) is 13.9. The third-order valence-corrected chi connectivity index (χ3v) is 4.44. The normalized spacial score (nSPS) is 12.7. The van der Waals surface area contributed by atoms with Crippen LogP contribution in [-0.2, 0) is 4.74 Å². The van der Waals surface area contributed by atoms with Crippen molar-refractivity contribution in [1.29, 1.82) is 0 Å². The molecule has 0 aromatic heterocycles. The number of rotatable bonds is 10. The standard InChI is InChI=1S/C22H27NO6/c1-15(11-12-24)21(18-5-9-20(10-6-18)28-14-13-25)29-22(27)23-19-7-3-17(4-8-19)16(2)26/h3-10,15,21,24-25H,11-14H2,1-2H3,(H,23,27)/t15-,21-/m1/s1. The van der Waals surface area contributed by atoms with Crippen LogP contribution >= 0.6 is 0 Å². The number of anilines is 1. The van der Waals surface area contributed by atoms with Gasteiger partial charge in [0, 0.05) is 17.9 Å². The number of amides is 1. The number of hydrogen-bond acceptors (Lipinski definition) is 6. The number of benzene rings is 2. The lowest BCUT2D eigenvalue weighted by atomic mass is 9.94. The Kier molecular flexibility index (Phi) is 8.64. The van der Waals surface area contributed by atoms with Crippen LogP contribution in [0.1, 0.15) is 42.3 Å². The van der Waals surface area contributed by atoms with E-state index in [0.29, 0.717) is 23.4 Å². The number of aliphatic hydroxyl groups excluding tert-OH is 2. The van der Waals surface area contributed by atoms with Crippen molar-refractivity contribution in [2.24, 2.45) is 5.92 Å². The van der Waals surface area contributed by atoms with E-state index in [2.05, 4.69) is 5.32 Å². The number of hydrogen-bond donors (Lipinski definition) is 3. The fourth-order valence-corrected chi connectivity index (χ4v) is 2.84. The summed E-state index contributed by atoms with van der Waals surface area (Å²) in [5.41, 5.74) is 1.84. The van der Waals surface area contributed by atoms with Gasteiger partial charge < -0.3 is 19.7 Å². The van der Waals surface area contributed by atoms with E-state index in [1.165, 1.54) is 6.92 Å². The summed E-state index contributed by atoms with van der Waals surface area (Å²) in [4.78, 5) is 23.8. The highest BCUT2D eigenvalue weighted by atomic mass is 16.6. The topological polar surface area (TPSA) is 105 Å². The molecule has 0 aliphatic rings. The first kappa shape index (κ1) is 22.4. The molecule has 2 rings (SSSR count). The summed E-state index contributed by atoms with van der Waals surface area (Å²) >= 11 is 0. The number of ether oxygens (including phenoxy) is 2. The molecule has 0 fully saturated rings. The minimum atomic E-state index is -0.629. The van der Waals surface area contributed by atoms with Gasteiger partial charge in [-0.25, -0.2) is 4.79 Å². The second-order valence-electron chi connectivity index (χ2n) is 6.72. The van der Waals surface area contributed by atoms with E-state index in [4.69, 9.17) is 14.6 Å². The molecule has 2 atom stereocenters. The molecule has 2 aromatic carbocycles. The van der Waals surface area contributed by atoms with Crippen molar-refractivity contribution in [2.45, 2.75) is 26.4 Å². The molecular weight excluding hydrogens is 374 g/mol. The van der Waals surface area contributed by atoms with Crippen molar-refractivity contribution in [2.75, 3.05) is 25.1 Å². The molecule has 156 valence electrons. The maximum absolute atomic E-state index is 12.4. The van der Waals surface area contributed by atoms with Crippen molar-refractivity contribution in [1.82, 2.24) is 0 Å². The Morgan fingerprint density at radius 2 is 1.66 bits per heavy atom. The van der Waals surface area contributed by atoms with E-state index in [1.54, 1.807) is 48.5 Å². The van der Waals surface area contributed by atoms with Gasteiger partial charge in [-0.2, -0.15) is 0 Å². The molecule has 0 spiro atoms. The van der Waals surface area contributed by atoms with Gasteiger partial charge in [0.05, 0.1) is 6.61 Å². The molecule has 7 nitrogen and oxygen atoms in total. The molecule has 3 N–H and O–H groups in total. The Morgan fingerprint density at radius 3 is 2.21 bits per heavy atom. The van der Waals surface area contributed by atoms with Crippen LogP contribution in [0.15, 0.2) is 48.5 Å². The summed E-state index contributed by atoms with van der Waals surface area (Å²) in [5.74, 6) is 0.435. The van der Waals surface area contributed by atoms with Crippen LogP contribution in [0.3, 0.4) is 0 Å². The van der Waals surface area contributed by atoms with E-state index in [-0.39, 0.29) is 31.5 Å². The van der Waals surface area contributed by atoms with Crippen LogP contribution < -0.4 is 10.1 Å². The van der Waals surface area contributed by atoms with Crippen LogP contribution in [0.4, 0.5) is 10.5 Å². The van der Waals surface area contributed by atoms with E-state index in [1.807, 2.05) is 6.92 Å². The van der Waals surface area contributed by atoms with Gasteiger partial charge in [-0.15, -0.1) is 0 Å². The first-order valence-corrected chi connectivity index (χ1v) is 9.47. The Morgan fingerprint density at radius 1 is 1.00 bits per heavy atom. The predicted molar refractivity (Wildman–Crippen MR) is 109 cm³/mol. The largest absolute Gasteiger partial charge is 0.491 e. The van der Waals surface area contributed by atoms with Gasteiger partial charge in [-0.3, -0.25) is 10.1 Å². The summed E-state index contributed by atoms with van der Waals surface area (Å²) in [6, 6.07) is 13.6. The zero-order chi connectivity index (χ0) is 21.2. The van der Waals surface area contributed by atoms with Crippen molar-refractivity contribution in [3.63, 3.8) is 0 Å². The lowest BCUT2D eigenvalue weighted by molar-refractivity contribution is 0.0667. The Bertz CT molecular complexity index is 788. The number of Topliss-reactive ketones (excluding diaryl/α,β-unsaturated/α-hetero) is 1. The van der Waals surface area contributed by atoms with Gasteiger partial charge in [0.1, 0.15) is 18.5 Å². The lowest BCUT2D eigenvalue weighted by Crippen LogP contribution is -2.22. The molecule has 2 aromatic rings. The Labute approximate surface area is 170 Å². The third kappa shape index (κ3) is 6.89. The van der Waals surface area contributed by atoms with E-state index >= 15 is 0 Å². The SMILES string of the molecule is CC(=O)c1ccc(NC(=O)O[C@@H](c2ccc(OCCO)cc2)[C@H](C)CCO)cc1. The quantitative estimate of drug-likeness (QED) is 0.526. The van der Waals surface area contributed by atoms with Gasteiger partial charge in [0.2, 0.25) is 0 Å². The predicted octanol–water partition coefficient (Wildman–Crippen LogP) is 3.57. The molecule has 0 aliphatic carbocycles. The van der Waals surface area contributed by atoms with Crippen molar-refractivity contribution in [3.8, 4) is 5.75 Å². The molecule has 0 heterocycles. The second kappa shape index (κ2) is 11.2.